The van der Waals surface area contributed by atoms with Crippen molar-refractivity contribution in [2.75, 3.05) is 5.32 Å². The number of nitrogens with zero attached hydrogens (tertiary/aromatic N) is 2. The number of benzene rings is 2. The van der Waals surface area contributed by atoms with Gasteiger partial charge in [-0.05, 0) is 30.7 Å². The monoisotopic (exact) mass is 401 g/mol. The molecule has 8 heteroatoms. The lowest BCUT2D eigenvalue weighted by atomic mass is 10.2. The smallest absolute Gasteiger partial charge is 0.322 e. The van der Waals surface area contributed by atoms with Crippen LogP contribution in [0.1, 0.15) is 26.2 Å². The van der Waals surface area contributed by atoms with Gasteiger partial charge in [0.1, 0.15) is 18.2 Å². The quantitative estimate of drug-likeness (QED) is 0.618. The van der Waals surface area contributed by atoms with Gasteiger partial charge >= 0.3 is 5.69 Å². The Morgan fingerprint density at radius 3 is 2.52 bits per heavy atom. The molecule has 1 heterocycles. The Kier molecular flexibility index (Phi) is 6.21. The molecule has 0 atom stereocenters. The second-order valence-corrected chi connectivity index (χ2v) is 6.72. The largest absolute Gasteiger partial charge is 0.331 e. The topological polar surface area (TPSA) is 73.1 Å². The molecule has 0 aliphatic carbocycles. The Bertz CT molecular complexity index is 1170. The summed E-state index contributed by atoms with van der Waals surface area (Å²) in [6.07, 6.45) is 2.46. The second kappa shape index (κ2) is 8.81. The maximum absolute atomic E-state index is 13.8. The molecule has 6 nitrogen and oxygen atoms in total. The lowest BCUT2D eigenvalue weighted by Crippen LogP contribution is -2.41. The SMILES string of the molecule is CCCCCn1c(=O)c2ccccc2n(CC(=O)Nc2ccc(F)cc2F)c1=O. The molecule has 0 radical (unpaired) electrons. The number of halogens is 2. The molecule has 0 aliphatic heterocycles. The van der Waals surface area contributed by atoms with Crippen molar-refractivity contribution in [3.8, 4) is 0 Å². The molecule has 0 saturated heterocycles. The number of fused-ring (bicyclic) bond motifs is 1. The van der Waals surface area contributed by atoms with E-state index in [1.54, 1.807) is 24.3 Å². The molecule has 1 N–H and O–H groups in total. The molecular formula is C21H21F2N3O3. The average molecular weight is 401 g/mol. The zero-order valence-electron chi connectivity index (χ0n) is 16.0. The summed E-state index contributed by atoms with van der Waals surface area (Å²) in [7, 11) is 0. The number of anilines is 1. The van der Waals surface area contributed by atoms with E-state index >= 15 is 0 Å². The highest BCUT2D eigenvalue weighted by Crippen LogP contribution is 2.15. The summed E-state index contributed by atoms with van der Waals surface area (Å²) >= 11 is 0. The number of hydrogen-bond acceptors (Lipinski definition) is 3. The number of hydrogen-bond donors (Lipinski definition) is 1. The van der Waals surface area contributed by atoms with Gasteiger partial charge in [-0.3, -0.25) is 18.7 Å². The molecule has 3 aromatic rings. The van der Waals surface area contributed by atoms with E-state index in [2.05, 4.69) is 5.32 Å². The minimum atomic E-state index is -0.917. The van der Waals surface area contributed by atoms with Crippen LogP contribution >= 0.6 is 0 Å². The third-order valence-corrected chi connectivity index (χ3v) is 4.62. The molecular weight excluding hydrogens is 380 g/mol. The summed E-state index contributed by atoms with van der Waals surface area (Å²) in [4.78, 5) is 38.1. The van der Waals surface area contributed by atoms with E-state index < -0.39 is 35.3 Å². The predicted molar refractivity (Wildman–Crippen MR) is 107 cm³/mol. The van der Waals surface area contributed by atoms with E-state index in [1.807, 2.05) is 6.92 Å². The molecule has 29 heavy (non-hydrogen) atoms. The third kappa shape index (κ3) is 4.42. The van der Waals surface area contributed by atoms with E-state index in [-0.39, 0.29) is 12.2 Å². The first-order valence-electron chi connectivity index (χ1n) is 9.39. The van der Waals surface area contributed by atoms with Gasteiger partial charge in [-0.25, -0.2) is 13.6 Å². The van der Waals surface area contributed by atoms with Crippen LogP contribution in [0.15, 0.2) is 52.1 Å². The van der Waals surface area contributed by atoms with Crippen LogP contribution in [0.25, 0.3) is 10.9 Å². The van der Waals surface area contributed by atoms with Crippen molar-refractivity contribution < 1.29 is 13.6 Å². The lowest BCUT2D eigenvalue weighted by molar-refractivity contribution is -0.116. The summed E-state index contributed by atoms with van der Waals surface area (Å²) < 4.78 is 29.2. The number of carbonyl (C=O) groups is 1. The summed E-state index contributed by atoms with van der Waals surface area (Å²) in [5.41, 5.74) is -0.864. The summed E-state index contributed by atoms with van der Waals surface area (Å²) in [5.74, 6) is -2.34. The third-order valence-electron chi connectivity index (χ3n) is 4.62. The normalized spacial score (nSPS) is 11.0. The molecule has 3 rings (SSSR count). The van der Waals surface area contributed by atoms with Gasteiger partial charge < -0.3 is 5.32 Å². The Balaban J connectivity index is 1.98. The highest BCUT2D eigenvalue weighted by molar-refractivity contribution is 5.91. The second-order valence-electron chi connectivity index (χ2n) is 6.72. The van der Waals surface area contributed by atoms with Crippen molar-refractivity contribution in [2.24, 2.45) is 0 Å². The molecule has 0 spiro atoms. The molecule has 0 bridgehead atoms. The van der Waals surface area contributed by atoms with Gasteiger partial charge in [0.05, 0.1) is 16.6 Å². The Morgan fingerprint density at radius 1 is 1.03 bits per heavy atom. The first-order valence-corrected chi connectivity index (χ1v) is 9.39. The minimum absolute atomic E-state index is 0.190. The Morgan fingerprint density at radius 2 is 1.79 bits per heavy atom. The van der Waals surface area contributed by atoms with E-state index in [0.29, 0.717) is 23.4 Å². The molecule has 0 fully saturated rings. The van der Waals surface area contributed by atoms with Gasteiger partial charge in [0.2, 0.25) is 5.91 Å². The van der Waals surface area contributed by atoms with Gasteiger partial charge in [0.15, 0.2) is 0 Å². The number of rotatable bonds is 7. The number of carbonyl (C=O) groups excluding carboxylic acids is 1. The van der Waals surface area contributed by atoms with Gasteiger partial charge in [-0.15, -0.1) is 0 Å². The van der Waals surface area contributed by atoms with Crippen LogP contribution in [0.4, 0.5) is 14.5 Å². The number of nitrogens with one attached hydrogen (secondary N) is 1. The lowest BCUT2D eigenvalue weighted by Gasteiger charge is -2.14. The maximum Gasteiger partial charge on any atom is 0.331 e. The fraction of sp³-hybridized carbons (Fsp3) is 0.286. The van der Waals surface area contributed by atoms with E-state index in [0.717, 1.165) is 29.5 Å². The summed E-state index contributed by atoms with van der Waals surface area (Å²) in [6, 6.07) is 9.32. The number of amides is 1. The van der Waals surface area contributed by atoms with Crippen molar-refractivity contribution in [2.45, 2.75) is 39.3 Å². The highest BCUT2D eigenvalue weighted by Gasteiger charge is 2.16. The minimum Gasteiger partial charge on any atom is -0.322 e. The molecule has 2 aromatic carbocycles. The van der Waals surface area contributed by atoms with Gasteiger partial charge in [0, 0.05) is 12.6 Å². The van der Waals surface area contributed by atoms with Crippen LogP contribution < -0.4 is 16.6 Å². The fourth-order valence-electron chi connectivity index (χ4n) is 3.16. The standard InChI is InChI=1S/C21H21F2N3O3/c1-2-3-6-11-25-20(28)15-7-4-5-8-18(15)26(21(25)29)13-19(27)24-17-10-9-14(22)12-16(17)23/h4-5,7-10,12H,2-3,6,11,13H2,1H3,(H,24,27). The van der Waals surface area contributed by atoms with Crippen LogP contribution in [-0.4, -0.2) is 15.0 Å². The summed E-state index contributed by atoms with van der Waals surface area (Å²) in [5, 5.41) is 2.66. The molecule has 0 unspecified atom stereocenters. The van der Waals surface area contributed by atoms with Crippen LogP contribution in [0, 0.1) is 11.6 Å². The number of para-hydroxylation sites is 1. The fourth-order valence-corrected chi connectivity index (χ4v) is 3.16. The van der Waals surface area contributed by atoms with Crippen molar-refractivity contribution in [3.63, 3.8) is 0 Å². The van der Waals surface area contributed by atoms with Crippen molar-refractivity contribution >= 4 is 22.5 Å². The van der Waals surface area contributed by atoms with Gasteiger partial charge in [-0.1, -0.05) is 31.9 Å². The van der Waals surface area contributed by atoms with Crippen LogP contribution in [0.2, 0.25) is 0 Å². The molecule has 1 amide bonds. The van der Waals surface area contributed by atoms with E-state index in [4.69, 9.17) is 0 Å². The first kappa shape index (κ1) is 20.4. The number of unbranched alkanes of at least 4 members (excludes halogenated alkanes) is 2. The maximum atomic E-state index is 13.8. The van der Waals surface area contributed by atoms with Crippen LogP contribution in [0.3, 0.4) is 0 Å². The zero-order valence-corrected chi connectivity index (χ0v) is 16.0. The highest BCUT2D eigenvalue weighted by atomic mass is 19.1. The van der Waals surface area contributed by atoms with E-state index in [9.17, 15) is 23.2 Å². The molecule has 1 aromatic heterocycles. The van der Waals surface area contributed by atoms with Crippen molar-refractivity contribution in [1.82, 2.24) is 9.13 Å². The van der Waals surface area contributed by atoms with E-state index in [1.165, 1.54) is 4.57 Å². The van der Waals surface area contributed by atoms with Crippen LogP contribution in [-0.2, 0) is 17.9 Å². The molecule has 0 aliphatic rings. The van der Waals surface area contributed by atoms with Crippen LogP contribution in [0.5, 0.6) is 0 Å². The van der Waals surface area contributed by atoms with Crippen molar-refractivity contribution in [3.05, 3.63) is 74.9 Å². The Labute approximate surface area is 165 Å². The van der Waals surface area contributed by atoms with Crippen molar-refractivity contribution in [1.29, 1.82) is 0 Å². The Hall–Kier alpha value is -3.29. The molecule has 152 valence electrons. The number of aromatic nitrogens is 2. The summed E-state index contributed by atoms with van der Waals surface area (Å²) in [6.45, 7) is 1.86. The van der Waals surface area contributed by atoms with Gasteiger partial charge in [-0.2, -0.15) is 0 Å². The predicted octanol–water partition coefficient (Wildman–Crippen LogP) is 3.27. The zero-order chi connectivity index (χ0) is 21.0. The average Bonchev–Trinajstić information content (AvgIpc) is 2.70. The van der Waals surface area contributed by atoms with Gasteiger partial charge in [0.25, 0.3) is 5.56 Å². The first-order chi connectivity index (χ1) is 13.9. The molecule has 0 saturated carbocycles.